The molecule has 3 aromatic heterocycles. The fraction of sp³-hybridized carbons (Fsp3) is 0.238. The Bertz CT molecular complexity index is 1180. The monoisotopic (exact) mass is 392 g/mol. The minimum Gasteiger partial charge on any atom is -0.493 e. The Kier molecular flexibility index (Phi) is 5.43. The van der Waals surface area contributed by atoms with Crippen molar-refractivity contribution in [2.75, 3.05) is 6.61 Å². The summed E-state index contributed by atoms with van der Waals surface area (Å²) in [6.07, 6.45) is 8.53. The van der Waals surface area contributed by atoms with Crippen LogP contribution in [-0.2, 0) is 0 Å². The van der Waals surface area contributed by atoms with E-state index in [1.165, 1.54) is 15.9 Å². The van der Waals surface area contributed by atoms with E-state index in [4.69, 9.17) is 4.74 Å². The molecule has 28 heavy (non-hydrogen) atoms. The van der Waals surface area contributed by atoms with Crippen LogP contribution < -0.4 is 14.8 Å². The number of benzene rings is 1. The summed E-state index contributed by atoms with van der Waals surface area (Å²) in [5.41, 5.74) is 1.55. The molecule has 0 fully saturated rings. The van der Waals surface area contributed by atoms with Gasteiger partial charge < -0.3 is 4.74 Å². The van der Waals surface area contributed by atoms with Crippen molar-refractivity contribution < 1.29 is 4.74 Å². The van der Waals surface area contributed by atoms with E-state index in [1.807, 2.05) is 42.5 Å². The molecular formula is C21H20N4O2S. The SMILES string of the molecule is CCCCCOc1ccccc1/C=c1/sc2nc(-c3ccncc3)nn2c1=O. The van der Waals surface area contributed by atoms with Crippen LogP contribution in [0, 0.1) is 0 Å². The number of hydrogen-bond acceptors (Lipinski definition) is 6. The lowest BCUT2D eigenvalue weighted by molar-refractivity contribution is 0.305. The van der Waals surface area contributed by atoms with Crippen LogP contribution in [-0.4, -0.2) is 26.2 Å². The minimum atomic E-state index is -0.173. The van der Waals surface area contributed by atoms with E-state index >= 15 is 0 Å². The van der Waals surface area contributed by atoms with E-state index < -0.39 is 0 Å². The summed E-state index contributed by atoms with van der Waals surface area (Å²) in [5, 5.41) is 4.36. The van der Waals surface area contributed by atoms with Gasteiger partial charge in [0.1, 0.15) is 5.75 Å². The Morgan fingerprint density at radius 2 is 1.96 bits per heavy atom. The zero-order valence-corrected chi connectivity index (χ0v) is 16.4. The molecule has 4 aromatic rings. The molecule has 4 rings (SSSR count). The first-order valence-corrected chi connectivity index (χ1v) is 10.1. The van der Waals surface area contributed by atoms with E-state index in [0.717, 1.165) is 36.1 Å². The third-order valence-corrected chi connectivity index (χ3v) is 5.29. The molecule has 0 aliphatic carbocycles. The topological polar surface area (TPSA) is 69.4 Å². The van der Waals surface area contributed by atoms with Gasteiger partial charge in [-0.2, -0.15) is 9.50 Å². The molecule has 0 atom stereocenters. The van der Waals surface area contributed by atoms with Crippen LogP contribution in [0.3, 0.4) is 0 Å². The van der Waals surface area contributed by atoms with Gasteiger partial charge in [-0.3, -0.25) is 9.78 Å². The van der Waals surface area contributed by atoms with Crippen molar-refractivity contribution in [2.24, 2.45) is 0 Å². The van der Waals surface area contributed by atoms with Crippen LogP contribution in [0.15, 0.2) is 53.6 Å². The maximum atomic E-state index is 12.8. The van der Waals surface area contributed by atoms with Gasteiger partial charge in [0.25, 0.3) is 5.56 Å². The van der Waals surface area contributed by atoms with Gasteiger partial charge in [-0.25, -0.2) is 0 Å². The lowest BCUT2D eigenvalue weighted by Gasteiger charge is -2.08. The summed E-state index contributed by atoms with van der Waals surface area (Å²) in [5.74, 6) is 1.31. The molecule has 3 heterocycles. The fourth-order valence-electron chi connectivity index (χ4n) is 2.86. The summed E-state index contributed by atoms with van der Waals surface area (Å²) in [7, 11) is 0. The van der Waals surface area contributed by atoms with Crippen molar-refractivity contribution in [3.05, 3.63) is 69.2 Å². The Morgan fingerprint density at radius 3 is 2.75 bits per heavy atom. The molecule has 0 aliphatic heterocycles. The maximum absolute atomic E-state index is 12.8. The van der Waals surface area contributed by atoms with Gasteiger partial charge >= 0.3 is 0 Å². The molecule has 142 valence electrons. The number of fused-ring (bicyclic) bond motifs is 1. The van der Waals surface area contributed by atoms with Crippen LogP contribution in [0.1, 0.15) is 31.7 Å². The second-order valence-corrected chi connectivity index (χ2v) is 7.38. The highest BCUT2D eigenvalue weighted by atomic mass is 32.1. The molecular weight excluding hydrogens is 372 g/mol. The molecule has 0 saturated heterocycles. The number of para-hydroxylation sites is 1. The second-order valence-electron chi connectivity index (χ2n) is 6.37. The van der Waals surface area contributed by atoms with E-state index in [1.54, 1.807) is 12.4 Å². The Hall–Kier alpha value is -3.06. The quantitative estimate of drug-likeness (QED) is 0.451. The molecule has 0 N–H and O–H groups in total. The Labute approximate surface area is 166 Å². The molecule has 0 amide bonds. The summed E-state index contributed by atoms with van der Waals surface area (Å²) in [6, 6.07) is 11.4. The molecule has 0 saturated carbocycles. The van der Waals surface area contributed by atoms with Crippen molar-refractivity contribution in [1.29, 1.82) is 0 Å². The molecule has 0 spiro atoms. The number of rotatable bonds is 7. The molecule has 0 bridgehead atoms. The first kappa shape index (κ1) is 18.3. The lowest BCUT2D eigenvalue weighted by atomic mass is 10.2. The van der Waals surface area contributed by atoms with Crippen LogP contribution >= 0.6 is 11.3 Å². The van der Waals surface area contributed by atoms with Crippen molar-refractivity contribution in [2.45, 2.75) is 26.2 Å². The first-order valence-electron chi connectivity index (χ1n) is 9.30. The smallest absolute Gasteiger partial charge is 0.291 e. The van der Waals surface area contributed by atoms with E-state index in [2.05, 4.69) is 22.0 Å². The predicted octanol–water partition coefficient (Wildman–Crippen LogP) is 3.33. The standard InChI is InChI=1S/C21H20N4O2S/c1-2-3-6-13-27-17-8-5-4-7-16(17)14-18-20(26)25-21(28-18)23-19(24-25)15-9-11-22-12-10-15/h4-5,7-12,14H,2-3,6,13H2,1H3/b18-14+. The number of thiazole rings is 1. The fourth-order valence-corrected chi connectivity index (χ4v) is 3.76. The normalized spacial score (nSPS) is 12.0. The highest BCUT2D eigenvalue weighted by Gasteiger charge is 2.12. The second kappa shape index (κ2) is 8.31. The van der Waals surface area contributed by atoms with Gasteiger partial charge in [0, 0.05) is 23.5 Å². The number of ether oxygens (including phenoxy) is 1. The van der Waals surface area contributed by atoms with Gasteiger partial charge in [-0.15, -0.1) is 5.10 Å². The molecule has 1 aromatic carbocycles. The number of pyridine rings is 1. The van der Waals surface area contributed by atoms with E-state index in [0.29, 0.717) is 21.9 Å². The Morgan fingerprint density at radius 1 is 1.14 bits per heavy atom. The molecule has 6 nitrogen and oxygen atoms in total. The van der Waals surface area contributed by atoms with Crippen molar-refractivity contribution in [1.82, 2.24) is 19.6 Å². The van der Waals surface area contributed by atoms with Crippen molar-refractivity contribution in [3.63, 3.8) is 0 Å². The summed E-state index contributed by atoms with van der Waals surface area (Å²) in [6.45, 7) is 2.84. The van der Waals surface area contributed by atoms with E-state index in [9.17, 15) is 4.79 Å². The minimum absolute atomic E-state index is 0.173. The molecule has 7 heteroatoms. The van der Waals surface area contributed by atoms with Crippen LogP contribution in [0.4, 0.5) is 0 Å². The maximum Gasteiger partial charge on any atom is 0.291 e. The van der Waals surface area contributed by atoms with Gasteiger partial charge in [0.2, 0.25) is 4.96 Å². The number of aromatic nitrogens is 4. The van der Waals surface area contributed by atoms with Gasteiger partial charge in [-0.05, 0) is 30.7 Å². The highest BCUT2D eigenvalue weighted by molar-refractivity contribution is 7.15. The predicted molar refractivity (Wildman–Crippen MR) is 111 cm³/mol. The number of unbranched alkanes of at least 4 members (excludes halogenated alkanes) is 2. The zero-order chi connectivity index (χ0) is 19.3. The Balaban J connectivity index is 1.66. The summed E-state index contributed by atoms with van der Waals surface area (Å²) in [4.78, 5) is 21.8. The van der Waals surface area contributed by atoms with E-state index in [-0.39, 0.29) is 5.56 Å². The third kappa shape index (κ3) is 3.80. The van der Waals surface area contributed by atoms with Crippen LogP contribution in [0.25, 0.3) is 22.4 Å². The number of nitrogens with zero attached hydrogens (tertiary/aromatic N) is 4. The largest absolute Gasteiger partial charge is 0.493 e. The van der Waals surface area contributed by atoms with Gasteiger partial charge in [0.05, 0.1) is 11.1 Å². The third-order valence-electron chi connectivity index (χ3n) is 4.33. The average Bonchev–Trinajstić information content (AvgIpc) is 3.27. The number of hydrogen-bond donors (Lipinski definition) is 0. The highest BCUT2D eigenvalue weighted by Crippen LogP contribution is 2.20. The van der Waals surface area contributed by atoms with Crippen LogP contribution in [0.2, 0.25) is 0 Å². The van der Waals surface area contributed by atoms with Gasteiger partial charge in [0.15, 0.2) is 5.82 Å². The molecule has 0 unspecified atom stereocenters. The molecule has 0 aliphatic rings. The van der Waals surface area contributed by atoms with Crippen molar-refractivity contribution >= 4 is 22.4 Å². The molecule has 0 radical (unpaired) electrons. The van der Waals surface area contributed by atoms with Gasteiger partial charge in [-0.1, -0.05) is 49.3 Å². The van der Waals surface area contributed by atoms with Crippen LogP contribution in [0.5, 0.6) is 5.75 Å². The van der Waals surface area contributed by atoms with Crippen molar-refractivity contribution in [3.8, 4) is 17.1 Å². The average molecular weight is 392 g/mol. The summed E-state index contributed by atoms with van der Waals surface area (Å²) < 4.78 is 7.85. The first-order chi connectivity index (χ1) is 13.8. The lowest BCUT2D eigenvalue weighted by Crippen LogP contribution is -2.23. The summed E-state index contributed by atoms with van der Waals surface area (Å²) >= 11 is 1.33. The zero-order valence-electron chi connectivity index (χ0n) is 15.5.